The Kier molecular flexibility index (Phi) is 9.69. The molecule has 10 heteroatoms. The second kappa shape index (κ2) is 13.0. The van der Waals surface area contributed by atoms with Crippen LogP contribution in [-0.2, 0) is 9.53 Å². The maximum Gasteiger partial charge on any atom is 0.412 e. The molecular weight excluding hydrogens is 501 g/mol. The van der Waals surface area contributed by atoms with Crippen LogP contribution in [-0.4, -0.2) is 65.3 Å². The second-order valence-corrected chi connectivity index (χ2v) is 11.9. The van der Waals surface area contributed by atoms with Crippen LogP contribution in [0.4, 0.5) is 19.7 Å². The van der Waals surface area contributed by atoms with Crippen LogP contribution >= 0.6 is 0 Å². The maximum atomic E-state index is 13.8. The van der Waals surface area contributed by atoms with Crippen LogP contribution in [0.2, 0.25) is 0 Å². The number of nitrogens with zero attached hydrogens (tertiary/aromatic N) is 2. The van der Waals surface area contributed by atoms with Crippen molar-refractivity contribution in [1.82, 2.24) is 15.1 Å². The van der Waals surface area contributed by atoms with Gasteiger partial charge in [0.05, 0.1) is 0 Å². The fourth-order valence-electron chi connectivity index (χ4n) is 6.26. The molecule has 1 saturated heterocycles. The molecule has 4 N–H and O–H groups in total. The Morgan fingerprint density at radius 1 is 1.05 bits per heavy atom. The number of halogens is 1. The fraction of sp³-hybridized carbons (Fsp3) is 0.690. The first-order chi connectivity index (χ1) is 18.6. The Bertz CT molecular complexity index is 1020. The van der Waals surface area contributed by atoms with Gasteiger partial charge in [-0.25, -0.2) is 14.0 Å². The van der Waals surface area contributed by atoms with E-state index in [1.54, 1.807) is 6.07 Å². The molecule has 1 aliphatic heterocycles. The van der Waals surface area contributed by atoms with Crippen molar-refractivity contribution in [2.75, 3.05) is 18.4 Å². The summed E-state index contributed by atoms with van der Waals surface area (Å²) in [4.78, 5) is 43.5. The Morgan fingerprint density at radius 3 is 2.46 bits per heavy atom. The first kappa shape index (κ1) is 29.1. The summed E-state index contributed by atoms with van der Waals surface area (Å²) in [5.41, 5.74) is 6.31. The summed E-state index contributed by atoms with van der Waals surface area (Å²) in [5, 5.41) is 5.75. The van der Waals surface area contributed by atoms with E-state index in [1.807, 2.05) is 0 Å². The van der Waals surface area contributed by atoms with Crippen molar-refractivity contribution >= 4 is 23.7 Å². The van der Waals surface area contributed by atoms with Crippen LogP contribution in [0.3, 0.4) is 0 Å². The van der Waals surface area contributed by atoms with Crippen molar-refractivity contribution in [3.05, 3.63) is 30.1 Å². The molecule has 39 heavy (non-hydrogen) atoms. The van der Waals surface area contributed by atoms with E-state index in [9.17, 15) is 18.8 Å². The first-order valence-corrected chi connectivity index (χ1v) is 14.5. The van der Waals surface area contributed by atoms with Crippen molar-refractivity contribution in [1.29, 1.82) is 0 Å². The number of nitrogens with one attached hydrogen (secondary N) is 2. The third-order valence-corrected chi connectivity index (χ3v) is 8.53. The molecule has 3 fully saturated rings. The summed E-state index contributed by atoms with van der Waals surface area (Å²) in [5.74, 6) is 0.161. The zero-order valence-electron chi connectivity index (χ0n) is 23.4. The quantitative estimate of drug-likeness (QED) is 0.497. The molecule has 2 aliphatic carbocycles. The minimum atomic E-state index is -1.17. The summed E-state index contributed by atoms with van der Waals surface area (Å²) in [6.45, 7) is 7.03. The maximum absolute atomic E-state index is 13.8. The molecule has 1 heterocycles. The third-order valence-electron chi connectivity index (χ3n) is 8.53. The molecule has 2 saturated carbocycles. The van der Waals surface area contributed by atoms with E-state index < -0.39 is 30.0 Å². The van der Waals surface area contributed by atoms with Gasteiger partial charge in [0.25, 0.3) is 5.91 Å². The average Bonchev–Trinajstić information content (AvgIpc) is 2.89. The Morgan fingerprint density at radius 2 is 1.77 bits per heavy atom. The van der Waals surface area contributed by atoms with Crippen molar-refractivity contribution in [3.63, 3.8) is 0 Å². The minimum Gasteiger partial charge on any atom is -0.446 e. The molecular formula is C29H44FN5O4. The summed E-state index contributed by atoms with van der Waals surface area (Å²) >= 11 is 0. The molecule has 0 radical (unpaired) electrons. The van der Waals surface area contributed by atoms with E-state index in [2.05, 4.69) is 31.4 Å². The van der Waals surface area contributed by atoms with Crippen LogP contribution in [0.25, 0.3) is 0 Å². The summed E-state index contributed by atoms with van der Waals surface area (Å²) in [6, 6.07) is 5.05. The van der Waals surface area contributed by atoms with Gasteiger partial charge in [-0.2, -0.15) is 0 Å². The SMILES string of the molecule is CC1CCC(C(C)C)C(OC(=O)N2CCCN(C(=O)Nc3cccc(F)c3)C2C(=O)NC2CCC(N)CC2)C1. The van der Waals surface area contributed by atoms with Crippen molar-refractivity contribution < 1.29 is 23.5 Å². The summed E-state index contributed by atoms with van der Waals surface area (Å²) in [6.07, 6.45) is 4.49. The van der Waals surface area contributed by atoms with Gasteiger partial charge in [-0.15, -0.1) is 0 Å². The number of carbonyl (C=O) groups excluding carboxylic acids is 3. The zero-order valence-corrected chi connectivity index (χ0v) is 23.4. The molecule has 4 unspecified atom stereocenters. The molecule has 4 atom stereocenters. The lowest BCUT2D eigenvalue weighted by Crippen LogP contribution is -2.65. The van der Waals surface area contributed by atoms with Crippen molar-refractivity contribution in [2.45, 2.75) is 96.5 Å². The number of hydrogen-bond donors (Lipinski definition) is 3. The van der Waals surface area contributed by atoms with Gasteiger partial charge in [-0.05, 0) is 80.9 Å². The number of anilines is 1. The van der Waals surface area contributed by atoms with E-state index in [0.29, 0.717) is 24.8 Å². The molecule has 3 aliphatic rings. The number of rotatable bonds is 5. The van der Waals surface area contributed by atoms with Crippen molar-refractivity contribution in [3.8, 4) is 0 Å². The fourth-order valence-corrected chi connectivity index (χ4v) is 6.26. The van der Waals surface area contributed by atoms with E-state index in [0.717, 1.165) is 44.9 Å². The van der Waals surface area contributed by atoms with Gasteiger partial charge >= 0.3 is 12.1 Å². The van der Waals surface area contributed by atoms with Gasteiger partial charge in [0.15, 0.2) is 6.17 Å². The first-order valence-electron chi connectivity index (χ1n) is 14.5. The minimum absolute atomic E-state index is 0.0743. The normalized spacial score (nSPS) is 29.6. The number of nitrogens with two attached hydrogens (primary N) is 1. The zero-order chi connectivity index (χ0) is 28.1. The average molecular weight is 546 g/mol. The number of benzene rings is 1. The number of hydrogen-bond acceptors (Lipinski definition) is 5. The molecule has 9 nitrogen and oxygen atoms in total. The van der Waals surface area contributed by atoms with Crippen molar-refractivity contribution in [2.24, 2.45) is 23.5 Å². The topological polar surface area (TPSA) is 117 Å². The number of ether oxygens (including phenoxy) is 1. The van der Waals surface area contributed by atoms with Gasteiger partial charge in [0, 0.05) is 30.9 Å². The van der Waals surface area contributed by atoms with Gasteiger partial charge in [0.1, 0.15) is 11.9 Å². The molecule has 4 amide bonds. The monoisotopic (exact) mass is 545 g/mol. The third kappa shape index (κ3) is 7.41. The van der Waals surface area contributed by atoms with E-state index in [-0.39, 0.29) is 36.3 Å². The molecule has 216 valence electrons. The van der Waals surface area contributed by atoms with Gasteiger partial charge in [-0.3, -0.25) is 14.6 Å². The van der Waals surface area contributed by atoms with E-state index in [1.165, 1.54) is 28.0 Å². The molecule has 0 bridgehead atoms. The second-order valence-electron chi connectivity index (χ2n) is 11.9. The smallest absolute Gasteiger partial charge is 0.412 e. The Balaban J connectivity index is 1.54. The molecule has 4 rings (SSSR count). The van der Waals surface area contributed by atoms with Crippen LogP contribution in [0.1, 0.15) is 72.1 Å². The molecule has 1 aromatic carbocycles. The van der Waals surface area contributed by atoms with Crippen LogP contribution in [0.15, 0.2) is 24.3 Å². The van der Waals surface area contributed by atoms with Crippen LogP contribution in [0.5, 0.6) is 0 Å². The summed E-state index contributed by atoms with van der Waals surface area (Å²) in [7, 11) is 0. The molecule has 0 aromatic heterocycles. The number of amides is 4. The standard InChI is InChI=1S/C29H44FN5O4/c1-18(2)24-13-8-19(3)16-25(24)39-29(38)35-15-5-14-34(28(37)33-23-7-4-6-20(30)17-23)27(35)26(36)32-22-11-9-21(31)10-12-22/h4,6-7,17-19,21-22,24-25,27H,5,8-16,31H2,1-3H3,(H,32,36)(H,33,37). The lowest BCUT2D eigenvalue weighted by Gasteiger charge is -2.44. The number of urea groups is 1. The predicted octanol–water partition coefficient (Wildman–Crippen LogP) is 4.67. The highest BCUT2D eigenvalue weighted by molar-refractivity contribution is 5.95. The van der Waals surface area contributed by atoms with Crippen LogP contribution in [0, 0.1) is 23.6 Å². The van der Waals surface area contributed by atoms with Crippen LogP contribution < -0.4 is 16.4 Å². The highest BCUT2D eigenvalue weighted by atomic mass is 19.1. The summed E-state index contributed by atoms with van der Waals surface area (Å²) < 4.78 is 19.9. The van der Waals surface area contributed by atoms with Gasteiger partial charge < -0.3 is 21.1 Å². The highest BCUT2D eigenvalue weighted by Crippen LogP contribution is 2.36. The molecule has 1 aromatic rings. The Hall–Kier alpha value is -2.88. The van der Waals surface area contributed by atoms with E-state index in [4.69, 9.17) is 10.5 Å². The lowest BCUT2D eigenvalue weighted by molar-refractivity contribution is -0.134. The Labute approximate surface area is 231 Å². The van der Waals surface area contributed by atoms with Gasteiger partial charge in [-0.1, -0.05) is 33.3 Å². The predicted molar refractivity (Wildman–Crippen MR) is 147 cm³/mol. The highest BCUT2D eigenvalue weighted by Gasteiger charge is 2.43. The van der Waals surface area contributed by atoms with E-state index >= 15 is 0 Å². The lowest BCUT2D eigenvalue weighted by atomic mass is 9.75. The largest absolute Gasteiger partial charge is 0.446 e. The molecule has 0 spiro atoms. The number of carbonyl (C=O) groups is 3. The van der Waals surface area contributed by atoms with Gasteiger partial charge in [0.2, 0.25) is 0 Å².